The standard InChI is InChI=1S/C17H19N5O3/c1-11-8-12(2)22(20-11)10-17-19-15(21-25-17)9-16(23)18-13-6-4-5-7-14(13)24-3/h4-8H,9-10H2,1-3H3,(H,18,23). The maximum Gasteiger partial charge on any atom is 0.248 e. The van der Waals surface area contributed by atoms with Crippen molar-refractivity contribution in [3.63, 3.8) is 0 Å². The highest BCUT2D eigenvalue weighted by Crippen LogP contribution is 2.23. The van der Waals surface area contributed by atoms with Crippen LogP contribution in [0.15, 0.2) is 34.9 Å². The number of aromatic nitrogens is 4. The summed E-state index contributed by atoms with van der Waals surface area (Å²) in [7, 11) is 1.55. The first-order chi connectivity index (χ1) is 12.0. The van der Waals surface area contributed by atoms with Crippen LogP contribution >= 0.6 is 0 Å². The van der Waals surface area contributed by atoms with Crippen LogP contribution in [0.5, 0.6) is 5.75 Å². The second kappa shape index (κ2) is 7.16. The lowest BCUT2D eigenvalue weighted by atomic mass is 10.2. The Morgan fingerprint density at radius 1 is 1.32 bits per heavy atom. The van der Waals surface area contributed by atoms with E-state index in [4.69, 9.17) is 9.26 Å². The molecule has 0 unspecified atom stereocenters. The number of hydrogen-bond acceptors (Lipinski definition) is 6. The van der Waals surface area contributed by atoms with Crippen molar-refractivity contribution in [3.05, 3.63) is 53.4 Å². The lowest BCUT2D eigenvalue weighted by molar-refractivity contribution is -0.115. The Morgan fingerprint density at radius 2 is 2.12 bits per heavy atom. The predicted molar refractivity (Wildman–Crippen MR) is 90.4 cm³/mol. The lowest BCUT2D eigenvalue weighted by Gasteiger charge is -2.08. The molecule has 0 aliphatic carbocycles. The first-order valence-corrected chi connectivity index (χ1v) is 7.80. The third kappa shape index (κ3) is 4.03. The number of rotatable bonds is 6. The topological polar surface area (TPSA) is 95.1 Å². The molecule has 0 saturated heterocycles. The molecule has 1 amide bonds. The zero-order chi connectivity index (χ0) is 17.8. The van der Waals surface area contributed by atoms with E-state index in [1.165, 1.54) is 0 Å². The van der Waals surface area contributed by atoms with Gasteiger partial charge in [0.2, 0.25) is 11.8 Å². The van der Waals surface area contributed by atoms with Gasteiger partial charge >= 0.3 is 0 Å². The Balaban J connectivity index is 1.63. The van der Waals surface area contributed by atoms with Gasteiger partial charge in [0.15, 0.2) is 5.82 Å². The number of methoxy groups -OCH3 is 1. The number of carbonyl (C=O) groups excluding carboxylic acids is 1. The number of carbonyl (C=O) groups is 1. The monoisotopic (exact) mass is 341 g/mol. The van der Waals surface area contributed by atoms with E-state index in [1.807, 2.05) is 32.0 Å². The summed E-state index contributed by atoms with van der Waals surface area (Å²) in [6.45, 7) is 4.25. The Hall–Kier alpha value is -3.16. The van der Waals surface area contributed by atoms with Gasteiger partial charge in [0.25, 0.3) is 0 Å². The van der Waals surface area contributed by atoms with E-state index < -0.39 is 0 Å². The summed E-state index contributed by atoms with van der Waals surface area (Å²) >= 11 is 0. The smallest absolute Gasteiger partial charge is 0.248 e. The molecule has 1 N–H and O–H groups in total. The van der Waals surface area contributed by atoms with Gasteiger partial charge in [0.05, 0.1) is 24.9 Å². The highest BCUT2D eigenvalue weighted by molar-refractivity contribution is 5.93. The average molecular weight is 341 g/mol. The van der Waals surface area contributed by atoms with Crippen molar-refractivity contribution in [2.45, 2.75) is 26.8 Å². The minimum atomic E-state index is -0.247. The van der Waals surface area contributed by atoms with E-state index in [-0.39, 0.29) is 12.3 Å². The van der Waals surface area contributed by atoms with Crippen LogP contribution in [0.3, 0.4) is 0 Å². The molecule has 0 atom stereocenters. The normalized spacial score (nSPS) is 10.7. The zero-order valence-electron chi connectivity index (χ0n) is 14.3. The van der Waals surface area contributed by atoms with Crippen LogP contribution in [0.1, 0.15) is 23.1 Å². The molecule has 25 heavy (non-hydrogen) atoms. The van der Waals surface area contributed by atoms with Gasteiger partial charge in [-0.3, -0.25) is 9.48 Å². The van der Waals surface area contributed by atoms with Crippen LogP contribution in [0.2, 0.25) is 0 Å². The van der Waals surface area contributed by atoms with Crippen molar-refractivity contribution in [1.29, 1.82) is 0 Å². The quantitative estimate of drug-likeness (QED) is 0.738. The Bertz CT molecular complexity index is 884. The van der Waals surface area contributed by atoms with Crippen LogP contribution in [0.25, 0.3) is 0 Å². The molecule has 0 aliphatic heterocycles. The molecule has 0 aliphatic rings. The molecule has 1 aromatic carbocycles. The van der Waals surface area contributed by atoms with Crippen molar-refractivity contribution in [2.24, 2.45) is 0 Å². The molecule has 0 radical (unpaired) electrons. The Morgan fingerprint density at radius 3 is 2.84 bits per heavy atom. The minimum absolute atomic E-state index is 0.0126. The van der Waals surface area contributed by atoms with Crippen molar-refractivity contribution in [3.8, 4) is 5.75 Å². The van der Waals surface area contributed by atoms with Crippen molar-refractivity contribution in [2.75, 3.05) is 12.4 Å². The summed E-state index contributed by atoms with van der Waals surface area (Å²) in [6, 6.07) is 9.16. The van der Waals surface area contributed by atoms with E-state index in [1.54, 1.807) is 23.9 Å². The summed E-state index contributed by atoms with van der Waals surface area (Å²) in [6.07, 6.45) is 0.0126. The number of para-hydroxylation sites is 2. The Kier molecular flexibility index (Phi) is 4.78. The van der Waals surface area contributed by atoms with E-state index in [2.05, 4.69) is 20.6 Å². The first kappa shape index (κ1) is 16.7. The van der Waals surface area contributed by atoms with E-state index >= 15 is 0 Å². The first-order valence-electron chi connectivity index (χ1n) is 7.80. The summed E-state index contributed by atoms with van der Waals surface area (Å²) in [4.78, 5) is 16.4. The van der Waals surface area contributed by atoms with E-state index in [0.29, 0.717) is 29.7 Å². The van der Waals surface area contributed by atoms with Crippen molar-refractivity contribution < 1.29 is 14.1 Å². The van der Waals surface area contributed by atoms with Crippen LogP contribution in [0, 0.1) is 13.8 Å². The SMILES string of the molecule is COc1ccccc1NC(=O)Cc1noc(Cn2nc(C)cc2C)n1. The van der Waals surface area contributed by atoms with Gasteiger partial charge in [-0.2, -0.15) is 10.1 Å². The molecular formula is C17H19N5O3. The van der Waals surface area contributed by atoms with Crippen LogP contribution < -0.4 is 10.1 Å². The van der Waals surface area contributed by atoms with Crippen molar-refractivity contribution in [1.82, 2.24) is 19.9 Å². The fourth-order valence-electron chi connectivity index (χ4n) is 2.48. The number of amides is 1. The molecule has 3 rings (SSSR count). The predicted octanol–water partition coefficient (Wildman–Crippen LogP) is 2.12. The fraction of sp³-hybridized carbons (Fsp3) is 0.294. The molecule has 2 heterocycles. The molecular weight excluding hydrogens is 322 g/mol. The fourth-order valence-corrected chi connectivity index (χ4v) is 2.48. The summed E-state index contributed by atoms with van der Waals surface area (Å²) < 4.78 is 12.2. The number of benzene rings is 1. The van der Waals surface area contributed by atoms with Crippen LogP contribution in [-0.2, 0) is 17.8 Å². The van der Waals surface area contributed by atoms with Gasteiger partial charge in [0.1, 0.15) is 12.3 Å². The van der Waals surface area contributed by atoms with Gasteiger partial charge in [0, 0.05) is 5.69 Å². The number of hydrogen-bond donors (Lipinski definition) is 1. The number of nitrogens with one attached hydrogen (secondary N) is 1. The van der Waals surface area contributed by atoms with Crippen LogP contribution in [0.4, 0.5) is 5.69 Å². The largest absolute Gasteiger partial charge is 0.495 e. The molecule has 0 fully saturated rings. The van der Waals surface area contributed by atoms with Gasteiger partial charge < -0.3 is 14.6 Å². The van der Waals surface area contributed by atoms with Crippen LogP contribution in [-0.4, -0.2) is 32.9 Å². The molecule has 2 aromatic heterocycles. The third-order valence-electron chi connectivity index (χ3n) is 3.60. The second-order valence-corrected chi connectivity index (χ2v) is 5.61. The number of ether oxygens (including phenoxy) is 1. The summed E-state index contributed by atoms with van der Waals surface area (Å²) in [5, 5.41) is 11.0. The lowest BCUT2D eigenvalue weighted by Crippen LogP contribution is -2.15. The summed E-state index contributed by atoms with van der Waals surface area (Å²) in [5.41, 5.74) is 2.53. The maximum absolute atomic E-state index is 12.2. The van der Waals surface area contributed by atoms with E-state index in [9.17, 15) is 4.79 Å². The Labute approximate surface area is 144 Å². The summed E-state index contributed by atoms with van der Waals surface area (Å²) in [5.74, 6) is 1.08. The second-order valence-electron chi connectivity index (χ2n) is 5.61. The molecule has 8 nitrogen and oxygen atoms in total. The minimum Gasteiger partial charge on any atom is -0.495 e. The maximum atomic E-state index is 12.2. The molecule has 0 bridgehead atoms. The molecule has 8 heteroatoms. The van der Waals surface area contributed by atoms with Gasteiger partial charge in [-0.15, -0.1) is 0 Å². The van der Waals surface area contributed by atoms with Gasteiger partial charge in [-0.1, -0.05) is 17.3 Å². The van der Waals surface area contributed by atoms with Gasteiger partial charge in [-0.25, -0.2) is 0 Å². The third-order valence-corrected chi connectivity index (χ3v) is 3.60. The number of aryl methyl sites for hydroxylation is 2. The molecule has 0 spiro atoms. The zero-order valence-corrected chi connectivity index (χ0v) is 14.3. The molecule has 0 saturated carbocycles. The highest BCUT2D eigenvalue weighted by atomic mass is 16.5. The number of anilines is 1. The number of nitrogens with zero attached hydrogens (tertiary/aromatic N) is 4. The van der Waals surface area contributed by atoms with E-state index in [0.717, 1.165) is 11.4 Å². The molecule has 130 valence electrons. The van der Waals surface area contributed by atoms with Gasteiger partial charge in [-0.05, 0) is 32.0 Å². The highest BCUT2D eigenvalue weighted by Gasteiger charge is 2.14. The molecule has 3 aromatic rings. The van der Waals surface area contributed by atoms with Crippen molar-refractivity contribution >= 4 is 11.6 Å². The average Bonchev–Trinajstić information content (AvgIpc) is 3.14.